The highest BCUT2D eigenvalue weighted by molar-refractivity contribution is 14.1. The van der Waals surface area contributed by atoms with Crippen LogP contribution in [0.1, 0.15) is 21.5 Å². The van der Waals surface area contributed by atoms with Crippen LogP contribution in [0.5, 0.6) is 0 Å². The Morgan fingerprint density at radius 1 is 0.721 bits per heavy atom. The van der Waals surface area contributed by atoms with E-state index in [4.69, 9.17) is 4.74 Å². The van der Waals surface area contributed by atoms with Crippen molar-refractivity contribution in [3.63, 3.8) is 0 Å². The Morgan fingerprint density at radius 3 is 1.60 bits per heavy atom. The molecule has 68 heavy (non-hydrogen) atoms. The van der Waals surface area contributed by atoms with Crippen LogP contribution in [0.3, 0.4) is 0 Å². The van der Waals surface area contributed by atoms with Gasteiger partial charge < -0.3 is 24.7 Å². The zero-order valence-corrected chi connectivity index (χ0v) is 45.5. The molecule has 19 nitrogen and oxygen atoms in total. The molecular weight excluding hydrogens is 1320 g/mol. The molecule has 350 valence electrons. The summed E-state index contributed by atoms with van der Waals surface area (Å²) in [4.78, 5) is 21.9. The van der Waals surface area contributed by atoms with Gasteiger partial charge in [0.1, 0.15) is 18.8 Å². The second-order valence-corrected chi connectivity index (χ2v) is 19.0. The molecule has 0 aliphatic heterocycles. The van der Waals surface area contributed by atoms with Crippen LogP contribution in [0.2, 0.25) is 0 Å². The van der Waals surface area contributed by atoms with E-state index in [0.29, 0.717) is 29.8 Å². The number of carbonyl (C=O) groups excluding carboxylic acids is 1. The maximum Gasteiger partial charge on any atom is 0.505 e. The first-order valence-electron chi connectivity index (χ1n) is 20.2. The summed E-state index contributed by atoms with van der Waals surface area (Å²) in [5.74, 6) is 0.0574. The summed E-state index contributed by atoms with van der Waals surface area (Å²) in [7, 11) is 5.27. The number of aromatic amines is 2. The molecule has 8 aromatic heterocycles. The van der Waals surface area contributed by atoms with E-state index in [2.05, 4.69) is 141 Å². The van der Waals surface area contributed by atoms with Crippen molar-refractivity contribution in [1.29, 1.82) is 0 Å². The maximum atomic E-state index is 12.3. The number of nitrogens with one attached hydrogen (secondary N) is 2. The van der Waals surface area contributed by atoms with Crippen LogP contribution < -0.4 is 10.5 Å². The molecule has 4 N–H and O–H groups in total. The van der Waals surface area contributed by atoms with E-state index in [9.17, 15) is 14.8 Å². The molecule has 0 aliphatic carbocycles. The van der Waals surface area contributed by atoms with Gasteiger partial charge in [-0.25, -0.2) is 19.1 Å². The quantitative estimate of drug-likeness (QED) is 0.0675. The number of carbonyl (C=O) groups is 1. The van der Waals surface area contributed by atoms with Crippen LogP contribution in [0.15, 0.2) is 147 Å². The maximum absolute atomic E-state index is 12.3. The van der Waals surface area contributed by atoms with Crippen LogP contribution in [-0.4, -0.2) is 99.3 Å². The van der Waals surface area contributed by atoms with Crippen LogP contribution in [-0.2, 0) is 39.0 Å². The molecule has 10 aromatic rings. The van der Waals surface area contributed by atoms with Crippen molar-refractivity contribution in [3.05, 3.63) is 178 Å². The highest BCUT2D eigenvalue weighted by Gasteiger charge is 2.24. The smallest absolute Gasteiger partial charge is 0.465 e. The molecule has 2 aromatic carbocycles. The number of benzene rings is 2. The molecule has 10 rings (SSSR count). The molecule has 0 atom stereocenters. The number of ether oxygens (including phenoxy) is 1. The van der Waals surface area contributed by atoms with Crippen molar-refractivity contribution in [2.75, 3.05) is 12.0 Å². The van der Waals surface area contributed by atoms with E-state index in [-0.39, 0.29) is 11.2 Å². The summed E-state index contributed by atoms with van der Waals surface area (Å²) in [5, 5.41) is 46.8. The number of rotatable bonds is 9. The Balaban J connectivity index is 0.000000166. The summed E-state index contributed by atoms with van der Waals surface area (Å²) in [5.41, 5.74) is 5.13. The number of aryl methyl sites for hydroxylation is 3. The molecule has 0 spiro atoms. The van der Waals surface area contributed by atoms with Gasteiger partial charge in [0.05, 0.1) is 56.4 Å². The molecule has 0 aliphatic rings. The minimum atomic E-state index is -1.71. The summed E-state index contributed by atoms with van der Waals surface area (Å²) in [6.45, 7) is 1.15. The number of methoxy groups -OCH3 is 1. The average molecular weight is 1370 g/mol. The van der Waals surface area contributed by atoms with Crippen LogP contribution >= 0.6 is 90.4 Å². The topological polar surface area (TPSA) is 216 Å². The van der Waals surface area contributed by atoms with Crippen LogP contribution in [0.4, 0.5) is 5.82 Å². The lowest BCUT2D eigenvalue weighted by atomic mass is 9.86. The minimum absolute atomic E-state index is 0.175. The third-order valence-electron chi connectivity index (χ3n) is 9.25. The minimum Gasteiger partial charge on any atom is -0.465 e. The summed E-state index contributed by atoms with van der Waals surface area (Å²) in [6, 6.07) is 27.4. The number of hydrogen-bond donors (Lipinski definition) is 4. The monoisotopic (exact) mass is 1360 g/mol. The highest BCUT2D eigenvalue weighted by atomic mass is 127. The van der Waals surface area contributed by atoms with Crippen molar-refractivity contribution in [2.24, 2.45) is 21.1 Å². The third-order valence-corrected chi connectivity index (χ3v) is 11.6. The van der Waals surface area contributed by atoms with Gasteiger partial charge >= 0.3 is 13.1 Å². The molecule has 0 fully saturated rings. The van der Waals surface area contributed by atoms with Crippen molar-refractivity contribution in [2.45, 2.75) is 13.1 Å². The predicted octanol–water partition coefficient (Wildman–Crippen LogP) is 6.70. The number of fused-ring (bicyclic) bond motifs is 1. The number of halogens is 4. The SMILES string of the molecule is COC(=O)c1cnc(N(Cc2ccccc2)Cc2ccccc2)c2[nH]c(B(O)O)cc12.Cn1cc(-n2ccc(I)n2)cn1.Cn1cc(-n2ccc(I)n2)cn1.Cn1cc(I)cn1.Ic1ccn[nH]1. The van der Waals surface area contributed by atoms with Gasteiger partial charge in [0.25, 0.3) is 0 Å². The van der Waals surface area contributed by atoms with Crippen LogP contribution in [0, 0.1) is 14.7 Å². The highest BCUT2D eigenvalue weighted by Crippen LogP contribution is 2.29. The summed E-state index contributed by atoms with van der Waals surface area (Å²) in [6.07, 6.45) is 18.2. The number of aromatic nitrogens is 14. The van der Waals surface area contributed by atoms with Gasteiger partial charge in [-0.1, -0.05) is 60.7 Å². The molecule has 0 bridgehead atoms. The fourth-order valence-corrected chi connectivity index (χ4v) is 7.78. The average Bonchev–Trinajstić information content (AvgIpc) is 4.20. The molecule has 0 saturated carbocycles. The Hall–Kier alpha value is -5.44. The third kappa shape index (κ3) is 15.5. The van der Waals surface area contributed by atoms with E-state index >= 15 is 0 Å². The Kier molecular flexibility index (Phi) is 19.7. The van der Waals surface area contributed by atoms with Crippen molar-refractivity contribution >= 4 is 126 Å². The number of nitrogens with zero attached hydrogens (tertiary/aromatic N) is 13. The van der Waals surface area contributed by atoms with Crippen molar-refractivity contribution < 1.29 is 19.6 Å². The summed E-state index contributed by atoms with van der Waals surface area (Å²) >= 11 is 8.72. The van der Waals surface area contributed by atoms with E-state index in [1.165, 1.54) is 16.9 Å². The van der Waals surface area contributed by atoms with Gasteiger partial charge in [-0.3, -0.25) is 19.1 Å². The molecule has 0 radical (unpaired) electrons. The Bertz CT molecular complexity index is 2870. The van der Waals surface area contributed by atoms with Gasteiger partial charge in [-0.05, 0) is 126 Å². The lowest BCUT2D eigenvalue weighted by Gasteiger charge is -2.25. The fraction of sp³-hybridized carbons (Fsp3) is 0.136. The zero-order valence-electron chi connectivity index (χ0n) is 36.9. The largest absolute Gasteiger partial charge is 0.505 e. The zero-order chi connectivity index (χ0) is 48.6. The number of H-pyrrole nitrogens is 2. The normalized spacial score (nSPS) is 10.4. The first-order valence-corrected chi connectivity index (χ1v) is 24.6. The standard InChI is InChI=1S/C23H22BN3O4.2C7H7IN4.C4H5IN2.C3H3IN2/c1-31-23(28)19-13-25-22(21-18(19)12-20(26-21)24(29)30)27(14-16-8-4-2-5-9-16)15-17-10-6-3-7-11-17;2*1-11-5-6(4-9-11)12-3-2-7(8)10-12;1-7-3-4(5)2-6-7;4-3-1-2-5-6-3/h2-13,26,29-30H,14-15H2,1H3;2*2-5H,1H3;2-3H,1H3;1-2H,(H,5,6). The molecule has 0 saturated heterocycles. The van der Waals surface area contributed by atoms with Gasteiger partial charge in [0.2, 0.25) is 0 Å². The van der Waals surface area contributed by atoms with Crippen LogP contribution in [0.25, 0.3) is 22.3 Å². The number of hydrogen-bond acceptors (Lipinski definition) is 12. The predicted molar refractivity (Wildman–Crippen MR) is 293 cm³/mol. The van der Waals surface area contributed by atoms with E-state index in [1.807, 2.05) is 137 Å². The van der Waals surface area contributed by atoms with Gasteiger partial charge in [-0.15, -0.1) is 0 Å². The van der Waals surface area contributed by atoms with E-state index < -0.39 is 13.1 Å². The lowest BCUT2D eigenvalue weighted by Crippen LogP contribution is -2.30. The van der Waals surface area contributed by atoms with Crippen molar-refractivity contribution in [3.8, 4) is 11.4 Å². The molecule has 8 heterocycles. The van der Waals surface area contributed by atoms with Gasteiger partial charge in [-0.2, -0.15) is 30.6 Å². The Morgan fingerprint density at radius 2 is 1.25 bits per heavy atom. The summed E-state index contributed by atoms with van der Waals surface area (Å²) < 4.78 is 18.0. The van der Waals surface area contributed by atoms with Gasteiger partial charge in [0, 0.05) is 76.2 Å². The number of pyridine rings is 1. The van der Waals surface area contributed by atoms with Gasteiger partial charge in [0.15, 0.2) is 5.82 Å². The first-order chi connectivity index (χ1) is 32.8. The number of anilines is 1. The van der Waals surface area contributed by atoms with Crippen molar-refractivity contribution in [1.82, 2.24) is 69.1 Å². The lowest BCUT2D eigenvalue weighted by molar-refractivity contribution is 0.0602. The molecular formula is C44H44BI4N15O4. The second kappa shape index (κ2) is 25.8. The second-order valence-electron chi connectivity index (χ2n) is 14.3. The van der Waals surface area contributed by atoms with E-state index in [0.717, 1.165) is 33.6 Å². The number of esters is 1. The molecule has 0 unspecified atom stereocenters. The van der Waals surface area contributed by atoms with E-state index in [1.54, 1.807) is 48.1 Å². The molecule has 0 amide bonds. The molecule has 24 heteroatoms. The fourth-order valence-electron chi connectivity index (χ4n) is 6.16. The Labute approximate surface area is 446 Å². The first kappa shape index (κ1) is 51.9.